The summed E-state index contributed by atoms with van der Waals surface area (Å²) in [5, 5.41) is 6.80. The van der Waals surface area contributed by atoms with Crippen LogP contribution in [0, 0.1) is 0 Å². The molecular weight excluding hydrogens is 184 g/mol. The van der Waals surface area contributed by atoms with Crippen LogP contribution in [0.2, 0.25) is 0 Å². The number of carbonyl (C=O) groups is 1. The first-order valence-electron chi connectivity index (χ1n) is 3.81. The van der Waals surface area contributed by atoms with Crippen LogP contribution in [0.25, 0.3) is 11.3 Å². The molecule has 6 nitrogen and oxygen atoms in total. The molecule has 70 valence electrons. The Bertz CT molecular complexity index is 452. The third kappa shape index (κ3) is 1.33. The molecule has 2 heterocycles. The summed E-state index contributed by atoms with van der Waals surface area (Å²) in [6.07, 6.45) is 2.87. The first kappa shape index (κ1) is 8.36. The van der Waals surface area contributed by atoms with Crippen molar-refractivity contribution < 1.29 is 9.32 Å². The van der Waals surface area contributed by atoms with E-state index in [0.717, 1.165) is 0 Å². The van der Waals surface area contributed by atoms with Crippen molar-refractivity contribution in [3.05, 3.63) is 30.2 Å². The second-order valence-electron chi connectivity index (χ2n) is 2.55. The summed E-state index contributed by atoms with van der Waals surface area (Å²) in [5.74, 6) is -0.246. The van der Waals surface area contributed by atoms with Crippen molar-refractivity contribution in [2.24, 2.45) is 5.73 Å². The lowest BCUT2D eigenvalue weighted by atomic mass is 10.1. The van der Waals surface area contributed by atoms with Gasteiger partial charge in [-0.25, -0.2) is 0 Å². The lowest BCUT2D eigenvalue weighted by Crippen LogP contribution is -2.14. The summed E-state index contributed by atoms with van der Waals surface area (Å²) in [4.78, 5) is 14.8. The molecule has 0 unspecified atom stereocenters. The first-order valence-corrected chi connectivity index (χ1v) is 3.81. The fourth-order valence-corrected chi connectivity index (χ4v) is 1.09. The number of nitrogens with two attached hydrogens (primary N) is 1. The van der Waals surface area contributed by atoms with Crippen LogP contribution >= 0.6 is 0 Å². The highest BCUT2D eigenvalue weighted by atomic mass is 16.5. The minimum atomic E-state index is -0.614. The van der Waals surface area contributed by atoms with Gasteiger partial charge in [-0.05, 0) is 12.1 Å². The van der Waals surface area contributed by atoms with Crippen molar-refractivity contribution in [3.8, 4) is 11.3 Å². The van der Waals surface area contributed by atoms with E-state index in [1.165, 1.54) is 12.4 Å². The van der Waals surface area contributed by atoms with Gasteiger partial charge in [0.2, 0.25) is 0 Å². The Morgan fingerprint density at radius 2 is 2.36 bits per heavy atom. The fraction of sp³-hybridized carbons (Fsp3) is 0. The van der Waals surface area contributed by atoms with Crippen LogP contribution < -0.4 is 5.73 Å². The van der Waals surface area contributed by atoms with Gasteiger partial charge in [0.25, 0.3) is 5.91 Å². The molecule has 0 saturated heterocycles. The number of hydrogen-bond acceptors (Lipinski definition) is 5. The average Bonchev–Trinajstić information content (AvgIpc) is 2.70. The number of rotatable bonds is 2. The van der Waals surface area contributed by atoms with Crippen LogP contribution in [0.15, 0.2) is 29.0 Å². The molecule has 0 atom stereocenters. The third-order valence-electron chi connectivity index (χ3n) is 1.67. The quantitative estimate of drug-likeness (QED) is 0.731. The Balaban J connectivity index is 2.58. The van der Waals surface area contributed by atoms with Gasteiger partial charge in [0.15, 0.2) is 5.76 Å². The molecule has 0 aliphatic heterocycles. The number of nitrogens with zero attached hydrogens (tertiary/aromatic N) is 3. The molecule has 0 saturated carbocycles. The molecule has 0 aliphatic carbocycles. The molecule has 0 aromatic carbocycles. The zero-order valence-corrected chi connectivity index (χ0v) is 7.04. The summed E-state index contributed by atoms with van der Waals surface area (Å²) in [7, 11) is 0. The summed E-state index contributed by atoms with van der Waals surface area (Å²) < 4.78 is 4.80. The maximum Gasteiger partial charge on any atom is 0.268 e. The zero-order valence-electron chi connectivity index (χ0n) is 7.04. The highest BCUT2D eigenvalue weighted by Gasteiger charge is 2.13. The predicted molar refractivity (Wildman–Crippen MR) is 46.0 cm³/mol. The average molecular weight is 190 g/mol. The molecule has 2 aromatic rings. The van der Waals surface area contributed by atoms with E-state index in [1.54, 1.807) is 12.1 Å². The third-order valence-corrected chi connectivity index (χ3v) is 1.67. The Labute approximate surface area is 78.7 Å². The maximum atomic E-state index is 11.0. The molecule has 2 rings (SSSR count). The van der Waals surface area contributed by atoms with E-state index >= 15 is 0 Å². The van der Waals surface area contributed by atoms with E-state index in [2.05, 4.69) is 15.4 Å². The smallest absolute Gasteiger partial charge is 0.268 e. The van der Waals surface area contributed by atoms with Crippen LogP contribution in [0.1, 0.15) is 10.5 Å². The van der Waals surface area contributed by atoms with E-state index in [0.29, 0.717) is 11.3 Å². The minimum absolute atomic E-state index is 0.144. The van der Waals surface area contributed by atoms with E-state index in [4.69, 9.17) is 10.3 Å². The van der Waals surface area contributed by atoms with Gasteiger partial charge in [0.05, 0.1) is 11.8 Å². The van der Waals surface area contributed by atoms with Crippen LogP contribution in [-0.4, -0.2) is 21.3 Å². The van der Waals surface area contributed by atoms with Gasteiger partial charge in [-0.15, -0.1) is 5.10 Å². The van der Waals surface area contributed by atoms with Crippen molar-refractivity contribution in [2.75, 3.05) is 0 Å². The largest absolute Gasteiger partial charge is 0.364 e. The molecule has 0 spiro atoms. The van der Waals surface area contributed by atoms with Crippen molar-refractivity contribution in [1.82, 2.24) is 15.4 Å². The summed E-state index contributed by atoms with van der Waals surface area (Å²) in [6.45, 7) is 0. The molecule has 2 aromatic heterocycles. The Kier molecular flexibility index (Phi) is 1.94. The number of aromatic nitrogens is 3. The van der Waals surface area contributed by atoms with Gasteiger partial charge in [-0.3, -0.25) is 9.78 Å². The highest BCUT2D eigenvalue weighted by molar-refractivity contribution is 5.96. The number of carbonyl (C=O) groups excluding carboxylic acids is 1. The highest BCUT2D eigenvalue weighted by Crippen LogP contribution is 2.19. The molecule has 0 radical (unpaired) electrons. The standard InChI is InChI=1S/C8H6N4O2/c9-8(13)7-5(2-1-3-10-7)6-4-11-12-14-6/h1-4H,(H2,9,13). The molecular formula is C8H6N4O2. The van der Waals surface area contributed by atoms with Crippen molar-refractivity contribution in [3.63, 3.8) is 0 Å². The Morgan fingerprint density at radius 1 is 1.50 bits per heavy atom. The van der Waals surface area contributed by atoms with Gasteiger partial charge < -0.3 is 10.3 Å². The second kappa shape index (κ2) is 3.25. The number of pyridine rings is 1. The van der Waals surface area contributed by atoms with E-state index < -0.39 is 5.91 Å². The van der Waals surface area contributed by atoms with Gasteiger partial charge in [-0.2, -0.15) is 0 Å². The van der Waals surface area contributed by atoms with E-state index in [-0.39, 0.29) is 5.69 Å². The first-order chi connectivity index (χ1) is 6.79. The number of hydrogen-bond donors (Lipinski definition) is 1. The molecule has 0 fully saturated rings. The van der Waals surface area contributed by atoms with Crippen molar-refractivity contribution in [1.29, 1.82) is 0 Å². The normalized spacial score (nSPS) is 10.0. The number of primary amides is 1. The molecule has 0 aliphatic rings. The van der Waals surface area contributed by atoms with Crippen molar-refractivity contribution >= 4 is 5.91 Å². The lowest BCUT2D eigenvalue weighted by Gasteiger charge is -1.99. The van der Waals surface area contributed by atoms with Crippen LogP contribution in [-0.2, 0) is 0 Å². The van der Waals surface area contributed by atoms with Crippen LogP contribution in [0.3, 0.4) is 0 Å². The van der Waals surface area contributed by atoms with Crippen molar-refractivity contribution in [2.45, 2.75) is 0 Å². The van der Waals surface area contributed by atoms with Gasteiger partial charge >= 0.3 is 0 Å². The second-order valence-corrected chi connectivity index (χ2v) is 2.55. The summed E-state index contributed by atoms with van der Waals surface area (Å²) in [5.41, 5.74) is 5.77. The van der Waals surface area contributed by atoms with E-state index in [1.807, 2.05) is 0 Å². The van der Waals surface area contributed by atoms with Gasteiger partial charge in [0, 0.05) is 11.5 Å². The van der Waals surface area contributed by atoms with Crippen LogP contribution in [0.4, 0.5) is 0 Å². The van der Waals surface area contributed by atoms with Crippen LogP contribution in [0.5, 0.6) is 0 Å². The zero-order chi connectivity index (χ0) is 9.97. The SMILES string of the molecule is NC(=O)c1ncccc1-c1cnno1. The van der Waals surface area contributed by atoms with Gasteiger partial charge in [0.1, 0.15) is 5.69 Å². The van der Waals surface area contributed by atoms with E-state index in [9.17, 15) is 4.79 Å². The Morgan fingerprint density at radius 3 is 3.00 bits per heavy atom. The molecule has 1 amide bonds. The molecule has 14 heavy (non-hydrogen) atoms. The minimum Gasteiger partial charge on any atom is -0.364 e. The number of amides is 1. The summed E-state index contributed by atoms with van der Waals surface area (Å²) >= 11 is 0. The molecule has 6 heteroatoms. The lowest BCUT2D eigenvalue weighted by molar-refractivity contribution is 0.0996. The molecule has 2 N–H and O–H groups in total. The topological polar surface area (TPSA) is 94.9 Å². The maximum absolute atomic E-state index is 11.0. The summed E-state index contributed by atoms with van der Waals surface area (Å²) in [6, 6.07) is 3.33. The van der Waals surface area contributed by atoms with Gasteiger partial charge in [-0.1, -0.05) is 0 Å². The Hall–Kier alpha value is -2.24. The molecule has 0 bridgehead atoms. The monoisotopic (exact) mass is 190 g/mol. The fourth-order valence-electron chi connectivity index (χ4n) is 1.09. The predicted octanol–water partition coefficient (Wildman–Crippen LogP) is 0.230.